The SMILES string of the molecule is COc1ccc(C(=O)C2CCCN(Cc3cnc(C)[nH]3)C2)c(OC)c1. The number of aryl methyl sites for hydroxylation is 1. The molecule has 1 saturated heterocycles. The topological polar surface area (TPSA) is 67.5 Å². The molecule has 1 fully saturated rings. The molecule has 1 unspecified atom stereocenters. The summed E-state index contributed by atoms with van der Waals surface area (Å²) in [5.41, 5.74) is 1.72. The van der Waals surface area contributed by atoms with Gasteiger partial charge in [-0.05, 0) is 38.4 Å². The van der Waals surface area contributed by atoms with Gasteiger partial charge in [0.1, 0.15) is 17.3 Å². The number of H-pyrrole nitrogens is 1. The fraction of sp³-hybridized carbons (Fsp3) is 0.474. The first-order valence-corrected chi connectivity index (χ1v) is 8.59. The standard InChI is InChI=1S/C19H25N3O3/c1-13-20-10-15(21-13)12-22-8-4-5-14(11-22)19(23)17-7-6-16(24-2)9-18(17)25-3/h6-7,9-10,14H,4-5,8,11-12H2,1-3H3,(H,20,21). The Hall–Kier alpha value is -2.34. The molecule has 6 heteroatoms. The minimum Gasteiger partial charge on any atom is -0.497 e. The molecule has 0 bridgehead atoms. The Morgan fingerprint density at radius 2 is 2.20 bits per heavy atom. The van der Waals surface area contributed by atoms with Crippen molar-refractivity contribution in [3.63, 3.8) is 0 Å². The summed E-state index contributed by atoms with van der Waals surface area (Å²) in [6.07, 6.45) is 3.79. The number of hydrogen-bond acceptors (Lipinski definition) is 5. The molecule has 6 nitrogen and oxygen atoms in total. The van der Waals surface area contributed by atoms with Crippen LogP contribution in [0.2, 0.25) is 0 Å². The van der Waals surface area contributed by atoms with Crippen molar-refractivity contribution in [1.82, 2.24) is 14.9 Å². The molecule has 2 heterocycles. The zero-order valence-electron chi connectivity index (χ0n) is 15.0. The Morgan fingerprint density at radius 3 is 2.88 bits per heavy atom. The summed E-state index contributed by atoms with van der Waals surface area (Å²) >= 11 is 0. The highest BCUT2D eigenvalue weighted by atomic mass is 16.5. The summed E-state index contributed by atoms with van der Waals surface area (Å²) in [6, 6.07) is 5.38. The van der Waals surface area contributed by atoms with Crippen molar-refractivity contribution in [3.8, 4) is 11.5 Å². The molecule has 1 aliphatic rings. The Labute approximate surface area is 148 Å². The fourth-order valence-corrected chi connectivity index (χ4v) is 3.43. The first-order chi connectivity index (χ1) is 12.1. The number of benzene rings is 1. The van der Waals surface area contributed by atoms with Crippen LogP contribution in [0.15, 0.2) is 24.4 Å². The molecular formula is C19H25N3O3. The van der Waals surface area contributed by atoms with Gasteiger partial charge >= 0.3 is 0 Å². The van der Waals surface area contributed by atoms with Gasteiger partial charge in [0.2, 0.25) is 0 Å². The van der Waals surface area contributed by atoms with Crippen molar-refractivity contribution in [2.75, 3.05) is 27.3 Å². The summed E-state index contributed by atoms with van der Waals surface area (Å²) < 4.78 is 10.6. The largest absolute Gasteiger partial charge is 0.497 e. The molecule has 0 amide bonds. The second-order valence-electron chi connectivity index (χ2n) is 6.50. The number of likely N-dealkylation sites (tertiary alicyclic amines) is 1. The van der Waals surface area contributed by atoms with Gasteiger partial charge in [-0.3, -0.25) is 9.69 Å². The van der Waals surface area contributed by atoms with E-state index in [0.29, 0.717) is 17.1 Å². The normalized spacial score (nSPS) is 18.1. The van der Waals surface area contributed by atoms with Crippen molar-refractivity contribution in [3.05, 3.63) is 41.5 Å². The van der Waals surface area contributed by atoms with E-state index in [9.17, 15) is 4.79 Å². The van der Waals surface area contributed by atoms with Crippen LogP contribution in [0.5, 0.6) is 11.5 Å². The molecule has 0 spiro atoms. The number of hydrogen-bond donors (Lipinski definition) is 1. The maximum absolute atomic E-state index is 13.0. The number of nitrogens with one attached hydrogen (secondary N) is 1. The Balaban J connectivity index is 1.71. The molecule has 1 atom stereocenters. The third-order valence-electron chi connectivity index (χ3n) is 4.70. The van der Waals surface area contributed by atoms with Crippen LogP contribution >= 0.6 is 0 Å². The predicted molar refractivity (Wildman–Crippen MR) is 95.2 cm³/mol. The fourth-order valence-electron chi connectivity index (χ4n) is 3.43. The molecule has 25 heavy (non-hydrogen) atoms. The van der Waals surface area contributed by atoms with Crippen molar-refractivity contribution >= 4 is 5.78 Å². The van der Waals surface area contributed by atoms with Crippen LogP contribution in [-0.2, 0) is 6.54 Å². The average Bonchev–Trinajstić information content (AvgIpc) is 3.05. The van der Waals surface area contributed by atoms with Gasteiger partial charge < -0.3 is 14.5 Å². The summed E-state index contributed by atoms with van der Waals surface area (Å²) in [4.78, 5) is 22.8. The number of aromatic nitrogens is 2. The van der Waals surface area contributed by atoms with E-state index in [0.717, 1.165) is 44.0 Å². The minimum absolute atomic E-state index is 0.0138. The molecule has 1 aliphatic heterocycles. The van der Waals surface area contributed by atoms with Crippen LogP contribution in [0.4, 0.5) is 0 Å². The van der Waals surface area contributed by atoms with Crippen molar-refractivity contribution in [2.24, 2.45) is 5.92 Å². The highest BCUT2D eigenvalue weighted by molar-refractivity contribution is 6.00. The smallest absolute Gasteiger partial charge is 0.170 e. The van der Waals surface area contributed by atoms with E-state index in [1.165, 1.54) is 0 Å². The number of piperidine rings is 1. The quantitative estimate of drug-likeness (QED) is 0.817. The second kappa shape index (κ2) is 7.70. The average molecular weight is 343 g/mol. The molecule has 0 aliphatic carbocycles. The second-order valence-corrected chi connectivity index (χ2v) is 6.50. The Kier molecular flexibility index (Phi) is 5.38. The maximum Gasteiger partial charge on any atom is 0.170 e. The Bertz CT molecular complexity index is 741. The lowest BCUT2D eigenvalue weighted by atomic mass is 9.89. The summed E-state index contributed by atoms with van der Waals surface area (Å²) in [6.45, 7) is 4.50. The summed E-state index contributed by atoms with van der Waals surface area (Å²) in [5, 5.41) is 0. The van der Waals surface area contributed by atoms with E-state index in [1.54, 1.807) is 26.4 Å². The molecule has 2 aromatic rings. The monoisotopic (exact) mass is 343 g/mol. The number of methoxy groups -OCH3 is 2. The number of ether oxygens (including phenoxy) is 2. The zero-order valence-corrected chi connectivity index (χ0v) is 15.0. The van der Waals surface area contributed by atoms with Gasteiger partial charge in [-0.25, -0.2) is 4.98 Å². The number of carbonyl (C=O) groups is 1. The van der Waals surface area contributed by atoms with Gasteiger partial charge in [0, 0.05) is 37.0 Å². The number of imidazole rings is 1. The van der Waals surface area contributed by atoms with Gasteiger partial charge in [-0.2, -0.15) is 0 Å². The van der Waals surface area contributed by atoms with Gasteiger partial charge in [0.05, 0.1) is 19.8 Å². The van der Waals surface area contributed by atoms with Gasteiger partial charge in [-0.1, -0.05) is 0 Å². The van der Waals surface area contributed by atoms with E-state index in [4.69, 9.17) is 9.47 Å². The number of aromatic amines is 1. The number of rotatable bonds is 6. The first-order valence-electron chi connectivity index (χ1n) is 8.59. The highest BCUT2D eigenvalue weighted by Gasteiger charge is 2.28. The number of carbonyl (C=O) groups excluding carboxylic acids is 1. The molecule has 1 aromatic carbocycles. The van der Waals surface area contributed by atoms with Crippen LogP contribution in [0, 0.1) is 12.8 Å². The van der Waals surface area contributed by atoms with Gasteiger partial charge in [0.25, 0.3) is 0 Å². The van der Waals surface area contributed by atoms with Gasteiger partial charge in [0.15, 0.2) is 5.78 Å². The van der Waals surface area contributed by atoms with E-state index in [-0.39, 0.29) is 11.7 Å². The van der Waals surface area contributed by atoms with Crippen LogP contribution in [0.25, 0.3) is 0 Å². The molecule has 1 N–H and O–H groups in total. The maximum atomic E-state index is 13.0. The van der Waals surface area contributed by atoms with Crippen LogP contribution < -0.4 is 9.47 Å². The number of nitrogens with zero attached hydrogens (tertiary/aromatic N) is 2. The molecule has 1 aromatic heterocycles. The molecule has 0 radical (unpaired) electrons. The Morgan fingerprint density at radius 1 is 1.36 bits per heavy atom. The van der Waals surface area contributed by atoms with Crippen LogP contribution in [-0.4, -0.2) is 48.0 Å². The van der Waals surface area contributed by atoms with Crippen molar-refractivity contribution in [1.29, 1.82) is 0 Å². The summed E-state index contributed by atoms with van der Waals surface area (Å²) in [5.74, 6) is 2.31. The van der Waals surface area contributed by atoms with Crippen molar-refractivity contribution < 1.29 is 14.3 Å². The third-order valence-corrected chi connectivity index (χ3v) is 4.70. The lowest BCUT2D eigenvalue weighted by Gasteiger charge is -2.31. The third kappa shape index (κ3) is 4.02. The predicted octanol–water partition coefficient (Wildman–Crippen LogP) is 2.83. The van der Waals surface area contributed by atoms with Crippen molar-refractivity contribution in [2.45, 2.75) is 26.3 Å². The summed E-state index contributed by atoms with van der Waals surface area (Å²) in [7, 11) is 3.19. The number of ketones is 1. The lowest BCUT2D eigenvalue weighted by molar-refractivity contribution is 0.0807. The van der Waals surface area contributed by atoms with Crippen LogP contribution in [0.3, 0.4) is 0 Å². The van der Waals surface area contributed by atoms with Gasteiger partial charge in [-0.15, -0.1) is 0 Å². The van der Waals surface area contributed by atoms with E-state index < -0.39 is 0 Å². The molecule has 134 valence electrons. The van der Waals surface area contributed by atoms with E-state index in [2.05, 4.69) is 14.9 Å². The first kappa shape index (κ1) is 17.5. The van der Waals surface area contributed by atoms with Crippen LogP contribution in [0.1, 0.15) is 34.7 Å². The zero-order chi connectivity index (χ0) is 17.8. The number of Topliss-reactive ketones (excluding diaryl/α,β-unsaturated/α-hetero) is 1. The molecule has 3 rings (SSSR count). The lowest BCUT2D eigenvalue weighted by Crippen LogP contribution is -2.38. The van der Waals surface area contributed by atoms with E-state index in [1.807, 2.05) is 19.2 Å². The molecular weight excluding hydrogens is 318 g/mol. The van der Waals surface area contributed by atoms with E-state index >= 15 is 0 Å². The molecule has 0 saturated carbocycles. The highest BCUT2D eigenvalue weighted by Crippen LogP contribution is 2.29. The minimum atomic E-state index is -0.0138.